The smallest absolute Gasteiger partial charge is 0.334 e. The molecule has 7 atom stereocenters. The fourth-order valence-corrected chi connectivity index (χ4v) is 6.48. The largest absolute Gasteiger partial charge is 0.455 e. The van der Waals surface area contributed by atoms with Gasteiger partial charge in [-0.25, -0.2) is 4.79 Å². The molecule has 0 aliphatic carbocycles. The number of aliphatic hydroxyl groups is 4. The van der Waals surface area contributed by atoms with Gasteiger partial charge in [0.05, 0.1) is 36.6 Å². The molecule has 2 aliphatic rings. The van der Waals surface area contributed by atoms with Crippen LogP contribution in [0, 0.1) is 0 Å². The number of unbranched alkanes of at least 4 members (excludes halogenated alkanes) is 11. The van der Waals surface area contributed by atoms with Crippen LogP contribution in [-0.2, 0) is 14.3 Å². The first-order valence-electron chi connectivity index (χ1n) is 18.2. The molecular weight excluding hydrogens is 556 g/mol. The van der Waals surface area contributed by atoms with E-state index in [2.05, 4.69) is 19.1 Å². The molecule has 0 amide bonds. The van der Waals surface area contributed by atoms with E-state index < -0.39 is 18.3 Å². The molecule has 4 N–H and O–H groups in total. The van der Waals surface area contributed by atoms with E-state index in [1.807, 2.05) is 6.92 Å². The molecule has 0 saturated carbocycles. The lowest BCUT2D eigenvalue weighted by Gasteiger charge is -2.22. The normalized spacial score (nSPS) is 23.2. The molecule has 7 heteroatoms. The lowest BCUT2D eigenvalue weighted by atomic mass is 9.99. The van der Waals surface area contributed by atoms with Crippen molar-refractivity contribution in [2.45, 2.75) is 204 Å². The minimum Gasteiger partial charge on any atom is -0.455 e. The van der Waals surface area contributed by atoms with Gasteiger partial charge in [-0.3, -0.25) is 0 Å². The Balaban J connectivity index is 1.42. The van der Waals surface area contributed by atoms with Gasteiger partial charge in [-0.2, -0.15) is 0 Å². The Morgan fingerprint density at radius 1 is 0.705 bits per heavy atom. The number of aliphatic hydroxyl groups excluding tert-OH is 4. The predicted molar refractivity (Wildman–Crippen MR) is 177 cm³/mol. The minimum absolute atomic E-state index is 0.182. The molecule has 0 spiro atoms. The Hall–Kier alpha value is -1.25. The predicted octanol–water partition coefficient (Wildman–Crippen LogP) is 7.62. The first-order chi connectivity index (χ1) is 21.3. The number of esters is 1. The Kier molecular flexibility index (Phi) is 21.2. The molecule has 0 aromatic rings. The molecule has 7 nitrogen and oxygen atoms in total. The second-order valence-electron chi connectivity index (χ2n) is 13.5. The Bertz CT molecular complexity index is 797. The molecular formula is C37H66O7. The van der Waals surface area contributed by atoms with Crippen LogP contribution in [0.5, 0.6) is 0 Å². The third kappa shape index (κ3) is 17.4. The summed E-state index contributed by atoms with van der Waals surface area (Å²) in [5, 5.41) is 41.7. The Morgan fingerprint density at radius 3 is 1.86 bits per heavy atom. The summed E-state index contributed by atoms with van der Waals surface area (Å²) in [7, 11) is 0. The third-order valence-electron chi connectivity index (χ3n) is 9.27. The van der Waals surface area contributed by atoms with E-state index in [-0.39, 0.29) is 30.4 Å². The molecule has 1 fully saturated rings. The maximum absolute atomic E-state index is 11.7. The zero-order valence-electron chi connectivity index (χ0n) is 28.1. The van der Waals surface area contributed by atoms with Gasteiger partial charge in [-0.05, 0) is 77.2 Å². The molecule has 2 rings (SSSR count). The van der Waals surface area contributed by atoms with Crippen molar-refractivity contribution in [2.24, 2.45) is 0 Å². The highest BCUT2D eigenvalue weighted by molar-refractivity contribution is 5.90. The molecule has 0 bridgehead atoms. The summed E-state index contributed by atoms with van der Waals surface area (Å²) in [6, 6.07) is 0. The van der Waals surface area contributed by atoms with Crippen LogP contribution in [0.25, 0.3) is 0 Å². The molecule has 0 aromatic carbocycles. The summed E-state index contributed by atoms with van der Waals surface area (Å²) in [6.07, 6.45) is 26.3. The van der Waals surface area contributed by atoms with Gasteiger partial charge in [0.1, 0.15) is 6.10 Å². The molecule has 44 heavy (non-hydrogen) atoms. The van der Waals surface area contributed by atoms with Crippen LogP contribution in [0.3, 0.4) is 0 Å². The van der Waals surface area contributed by atoms with Crippen LogP contribution in [-0.4, -0.2) is 69.1 Å². The average Bonchev–Trinajstić information content (AvgIpc) is 3.61. The first-order valence-corrected chi connectivity index (χ1v) is 18.2. The quantitative estimate of drug-likeness (QED) is 0.0423. The molecule has 256 valence electrons. The van der Waals surface area contributed by atoms with Gasteiger partial charge < -0.3 is 29.9 Å². The number of carbonyl (C=O) groups excluding carboxylic acids is 1. The fraction of sp³-hybridized carbons (Fsp3) is 0.865. The van der Waals surface area contributed by atoms with Crippen LogP contribution < -0.4 is 0 Å². The molecule has 2 aliphatic heterocycles. The highest BCUT2D eigenvalue weighted by Gasteiger charge is 2.34. The molecule has 0 radical (unpaired) electrons. The number of hydrogen-bond donors (Lipinski definition) is 4. The minimum atomic E-state index is -0.533. The molecule has 0 aromatic heterocycles. The van der Waals surface area contributed by atoms with Gasteiger partial charge in [0.25, 0.3) is 0 Å². The van der Waals surface area contributed by atoms with Gasteiger partial charge in [0.2, 0.25) is 0 Å². The van der Waals surface area contributed by atoms with E-state index in [9.17, 15) is 25.2 Å². The average molecular weight is 623 g/mol. The van der Waals surface area contributed by atoms with Gasteiger partial charge >= 0.3 is 5.97 Å². The summed E-state index contributed by atoms with van der Waals surface area (Å²) in [6.45, 7) is 4.07. The van der Waals surface area contributed by atoms with Crippen LogP contribution in [0.1, 0.15) is 162 Å². The summed E-state index contributed by atoms with van der Waals surface area (Å²) < 4.78 is 11.1. The zero-order chi connectivity index (χ0) is 32.0. The van der Waals surface area contributed by atoms with E-state index in [4.69, 9.17) is 9.47 Å². The van der Waals surface area contributed by atoms with E-state index in [1.54, 1.807) is 6.08 Å². The summed E-state index contributed by atoms with van der Waals surface area (Å²) in [4.78, 5) is 11.7. The first kappa shape index (κ1) is 38.9. The fourth-order valence-electron chi connectivity index (χ4n) is 6.48. The number of rotatable bonds is 27. The van der Waals surface area contributed by atoms with Crippen LogP contribution in [0.15, 0.2) is 23.8 Å². The highest BCUT2D eigenvalue weighted by Crippen LogP contribution is 2.28. The van der Waals surface area contributed by atoms with Crippen LogP contribution >= 0.6 is 0 Å². The van der Waals surface area contributed by atoms with Crippen molar-refractivity contribution >= 4 is 5.97 Å². The topological polar surface area (TPSA) is 116 Å². The Morgan fingerprint density at radius 2 is 1.23 bits per heavy atom. The van der Waals surface area contributed by atoms with E-state index >= 15 is 0 Å². The van der Waals surface area contributed by atoms with Gasteiger partial charge in [-0.1, -0.05) is 96.1 Å². The SMILES string of the molecule is CCCCCCCCCC/C=C/CCC(O)[C@H]1CC[C@H]([C@H](O)CCCCC(O)CCCCC[C@@H](O)CC2=C[C@H](C)OC2=O)O1. The molecule has 2 unspecified atom stereocenters. The Labute approximate surface area is 268 Å². The lowest BCUT2D eigenvalue weighted by molar-refractivity contribution is -0.139. The van der Waals surface area contributed by atoms with E-state index in [0.717, 1.165) is 70.6 Å². The number of allylic oxidation sites excluding steroid dienone is 2. The molecule has 1 saturated heterocycles. The van der Waals surface area contributed by atoms with E-state index in [1.165, 1.54) is 51.4 Å². The van der Waals surface area contributed by atoms with Crippen molar-refractivity contribution in [2.75, 3.05) is 0 Å². The monoisotopic (exact) mass is 622 g/mol. The van der Waals surface area contributed by atoms with E-state index in [0.29, 0.717) is 31.3 Å². The van der Waals surface area contributed by atoms with Crippen LogP contribution in [0.2, 0.25) is 0 Å². The molecule has 2 heterocycles. The van der Waals surface area contributed by atoms with Crippen LogP contribution in [0.4, 0.5) is 0 Å². The van der Waals surface area contributed by atoms with Gasteiger partial charge in [-0.15, -0.1) is 0 Å². The van der Waals surface area contributed by atoms with Crippen molar-refractivity contribution in [1.29, 1.82) is 0 Å². The summed E-state index contributed by atoms with van der Waals surface area (Å²) >= 11 is 0. The second-order valence-corrected chi connectivity index (χ2v) is 13.5. The second kappa shape index (κ2) is 24.0. The summed E-state index contributed by atoms with van der Waals surface area (Å²) in [5.41, 5.74) is 0.574. The van der Waals surface area contributed by atoms with Crippen molar-refractivity contribution < 1.29 is 34.7 Å². The van der Waals surface area contributed by atoms with Gasteiger partial charge in [0, 0.05) is 12.0 Å². The zero-order valence-corrected chi connectivity index (χ0v) is 28.1. The maximum atomic E-state index is 11.7. The number of hydrogen-bond acceptors (Lipinski definition) is 7. The van der Waals surface area contributed by atoms with Crippen molar-refractivity contribution in [3.63, 3.8) is 0 Å². The standard InChI is InChI=1S/C37H66O7/c1-3-4-5-6-7-8-9-10-11-12-13-17-23-33(40)35-25-26-36(44-35)34(41)24-19-18-21-31(38)20-15-14-16-22-32(39)28-30-27-29(2)43-37(30)42/h12-13,27,29,31-36,38-41H,3-11,14-26,28H2,1-2H3/b13-12+/t29-,31?,32+,33?,34+,35+,36+/m0/s1. The number of cyclic esters (lactones) is 1. The van der Waals surface area contributed by atoms with Gasteiger partial charge in [0.15, 0.2) is 0 Å². The number of carbonyl (C=O) groups is 1. The maximum Gasteiger partial charge on any atom is 0.334 e. The lowest BCUT2D eigenvalue weighted by Crippen LogP contribution is -2.31. The summed E-state index contributed by atoms with van der Waals surface area (Å²) in [5.74, 6) is -0.316. The van der Waals surface area contributed by atoms with Crippen molar-refractivity contribution in [1.82, 2.24) is 0 Å². The van der Waals surface area contributed by atoms with Crippen molar-refractivity contribution in [3.05, 3.63) is 23.8 Å². The third-order valence-corrected chi connectivity index (χ3v) is 9.27. The highest BCUT2D eigenvalue weighted by atomic mass is 16.5. The van der Waals surface area contributed by atoms with Crippen molar-refractivity contribution in [3.8, 4) is 0 Å². The number of ether oxygens (including phenoxy) is 2.